The molecule has 0 radical (unpaired) electrons. The largest absolute Gasteiger partial charge is 0.493 e. The van der Waals surface area contributed by atoms with Gasteiger partial charge in [-0.2, -0.15) is 13.2 Å². The minimum absolute atomic E-state index is 0.321. The number of imide groups is 2. The monoisotopic (exact) mass is 420 g/mol. The molecule has 1 heterocycles. The van der Waals surface area contributed by atoms with E-state index in [0.29, 0.717) is 28.0 Å². The third-order valence-electron chi connectivity index (χ3n) is 4.25. The van der Waals surface area contributed by atoms with E-state index in [-0.39, 0.29) is 5.69 Å². The Kier molecular flexibility index (Phi) is 5.50. The first-order valence-electron chi connectivity index (χ1n) is 8.46. The second kappa shape index (κ2) is 7.90. The minimum atomic E-state index is -4.67. The predicted octanol–water partition coefficient (Wildman–Crippen LogP) is 3.39. The zero-order chi connectivity index (χ0) is 22.1. The molecule has 1 saturated heterocycles. The molecule has 2 aromatic rings. The van der Waals surface area contributed by atoms with Gasteiger partial charge < -0.3 is 9.47 Å². The number of alkyl halides is 3. The quantitative estimate of drug-likeness (QED) is 0.606. The number of urea groups is 1. The second-order valence-corrected chi connectivity index (χ2v) is 6.12. The van der Waals surface area contributed by atoms with Crippen LogP contribution in [0, 0.1) is 0 Å². The average molecular weight is 420 g/mol. The van der Waals surface area contributed by atoms with E-state index in [1.807, 2.05) is 5.32 Å². The summed E-state index contributed by atoms with van der Waals surface area (Å²) in [4.78, 5) is 37.7. The van der Waals surface area contributed by atoms with Crippen LogP contribution in [0.3, 0.4) is 0 Å². The zero-order valence-corrected chi connectivity index (χ0v) is 15.7. The Morgan fingerprint density at radius 3 is 2.30 bits per heavy atom. The molecule has 156 valence electrons. The van der Waals surface area contributed by atoms with Crippen LogP contribution in [0.25, 0.3) is 6.08 Å². The maximum Gasteiger partial charge on any atom is 0.416 e. The summed E-state index contributed by atoms with van der Waals surface area (Å²) < 4.78 is 49.3. The van der Waals surface area contributed by atoms with Gasteiger partial charge in [0.1, 0.15) is 5.57 Å². The van der Waals surface area contributed by atoms with E-state index < -0.39 is 35.2 Å². The molecule has 0 saturated carbocycles. The fourth-order valence-corrected chi connectivity index (χ4v) is 2.82. The fraction of sp³-hybridized carbons (Fsp3) is 0.150. The van der Waals surface area contributed by atoms with E-state index in [1.54, 1.807) is 12.1 Å². The van der Waals surface area contributed by atoms with Crippen molar-refractivity contribution in [3.63, 3.8) is 0 Å². The highest BCUT2D eigenvalue weighted by molar-refractivity contribution is 6.39. The lowest BCUT2D eigenvalue weighted by Crippen LogP contribution is -2.54. The van der Waals surface area contributed by atoms with Gasteiger partial charge in [0.15, 0.2) is 11.5 Å². The first-order valence-corrected chi connectivity index (χ1v) is 8.46. The summed E-state index contributed by atoms with van der Waals surface area (Å²) >= 11 is 0. The number of hydrogen-bond donors (Lipinski definition) is 1. The maximum atomic E-state index is 13.0. The Balaban J connectivity index is 2.02. The van der Waals surface area contributed by atoms with E-state index in [4.69, 9.17) is 9.47 Å². The smallest absolute Gasteiger partial charge is 0.416 e. The summed E-state index contributed by atoms with van der Waals surface area (Å²) in [5.74, 6) is -1.28. The molecule has 3 rings (SSSR count). The van der Waals surface area contributed by atoms with Crippen molar-refractivity contribution >= 4 is 29.6 Å². The number of benzene rings is 2. The van der Waals surface area contributed by atoms with E-state index >= 15 is 0 Å². The van der Waals surface area contributed by atoms with E-state index in [0.717, 1.165) is 18.2 Å². The molecule has 1 aliphatic rings. The normalized spacial score (nSPS) is 16.0. The van der Waals surface area contributed by atoms with Crippen LogP contribution in [0.5, 0.6) is 11.5 Å². The fourth-order valence-electron chi connectivity index (χ4n) is 2.82. The summed E-state index contributed by atoms with van der Waals surface area (Å²) in [7, 11) is 2.84. The van der Waals surface area contributed by atoms with Gasteiger partial charge in [0.2, 0.25) is 0 Å². The van der Waals surface area contributed by atoms with Crippen molar-refractivity contribution in [1.82, 2.24) is 5.32 Å². The second-order valence-electron chi connectivity index (χ2n) is 6.12. The van der Waals surface area contributed by atoms with Crippen LogP contribution < -0.4 is 19.7 Å². The van der Waals surface area contributed by atoms with Gasteiger partial charge in [-0.05, 0) is 42.0 Å². The number of amides is 4. The molecule has 1 aliphatic heterocycles. The molecular formula is C20H15F3N2O5. The maximum absolute atomic E-state index is 13.0. The Bertz CT molecular complexity index is 1060. The van der Waals surface area contributed by atoms with Crippen molar-refractivity contribution in [2.75, 3.05) is 19.1 Å². The van der Waals surface area contributed by atoms with Crippen LogP contribution >= 0.6 is 0 Å². The van der Waals surface area contributed by atoms with Crippen LogP contribution in [0.4, 0.5) is 23.7 Å². The minimum Gasteiger partial charge on any atom is -0.493 e. The van der Waals surface area contributed by atoms with Gasteiger partial charge >= 0.3 is 12.2 Å². The van der Waals surface area contributed by atoms with Gasteiger partial charge in [-0.25, -0.2) is 9.69 Å². The summed E-state index contributed by atoms with van der Waals surface area (Å²) in [6, 6.07) is 7.13. The lowest BCUT2D eigenvalue weighted by atomic mass is 10.1. The summed E-state index contributed by atoms with van der Waals surface area (Å²) in [5, 5.41) is 1.96. The molecule has 0 spiro atoms. The molecule has 1 N–H and O–H groups in total. The molecule has 2 aromatic carbocycles. The van der Waals surface area contributed by atoms with Crippen molar-refractivity contribution in [3.05, 3.63) is 59.2 Å². The lowest BCUT2D eigenvalue weighted by Gasteiger charge is -2.26. The molecule has 0 aromatic heterocycles. The average Bonchev–Trinajstić information content (AvgIpc) is 2.70. The number of nitrogens with one attached hydrogen (secondary N) is 1. The van der Waals surface area contributed by atoms with Crippen LogP contribution in [-0.2, 0) is 15.8 Å². The molecule has 30 heavy (non-hydrogen) atoms. The Morgan fingerprint density at radius 1 is 0.967 bits per heavy atom. The number of hydrogen-bond acceptors (Lipinski definition) is 5. The van der Waals surface area contributed by atoms with Gasteiger partial charge in [-0.3, -0.25) is 14.9 Å². The Morgan fingerprint density at radius 2 is 1.67 bits per heavy atom. The lowest BCUT2D eigenvalue weighted by molar-refractivity contribution is -0.137. The van der Waals surface area contributed by atoms with Crippen molar-refractivity contribution in [3.8, 4) is 11.5 Å². The van der Waals surface area contributed by atoms with Crippen LogP contribution in [0.15, 0.2) is 48.0 Å². The standard InChI is InChI=1S/C20H15F3N2O5/c1-29-15-7-6-11(9-16(15)30-2)8-14-17(26)24-19(28)25(18(14)27)13-5-3-4-12(10-13)20(21,22)23/h3-10H,1-2H3,(H,24,26,28)/b14-8+. The van der Waals surface area contributed by atoms with Crippen molar-refractivity contribution in [2.45, 2.75) is 6.18 Å². The molecule has 4 amide bonds. The Hall–Kier alpha value is -3.82. The van der Waals surface area contributed by atoms with Crippen LogP contribution in [0.1, 0.15) is 11.1 Å². The van der Waals surface area contributed by atoms with Gasteiger partial charge in [-0.15, -0.1) is 0 Å². The number of ether oxygens (including phenoxy) is 2. The number of carbonyl (C=O) groups is 3. The molecule has 0 bridgehead atoms. The van der Waals surface area contributed by atoms with E-state index in [9.17, 15) is 27.6 Å². The highest BCUT2D eigenvalue weighted by Crippen LogP contribution is 2.33. The third-order valence-corrected chi connectivity index (χ3v) is 4.25. The molecule has 0 atom stereocenters. The summed E-state index contributed by atoms with van der Waals surface area (Å²) in [6.45, 7) is 0. The SMILES string of the molecule is COc1ccc(/C=C2\C(=O)NC(=O)N(c3cccc(C(F)(F)F)c3)C2=O)cc1OC. The molecule has 0 aliphatic carbocycles. The van der Waals surface area contributed by atoms with Crippen molar-refractivity contribution < 1.29 is 37.0 Å². The molecule has 0 unspecified atom stereocenters. The molecule has 7 nitrogen and oxygen atoms in total. The highest BCUT2D eigenvalue weighted by Gasteiger charge is 2.38. The topological polar surface area (TPSA) is 84.9 Å². The molecular weight excluding hydrogens is 405 g/mol. The Labute approximate surface area is 168 Å². The van der Waals surface area contributed by atoms with E-state index in [1.165, 1.54) is 26.4 Å². The summed E-state index contributed by atoms with van der Waals surface area (Å²) in [5.41, 5.74) is -1.41. The predicted molar refractivity (Wildman–Crippen MR) is 100.0 cm³/mol. The summed E-state index contributed by atoms with van der Waals surface area (Å²) in [6.07, 6.45) is -3.47. The third kappa shape index (κ3) is 3.97. The van der Waals surface area contributed by atoms with Gasteiger partial charge in [0, 0.05) is 0 Å². The highest BCUT2D eigenvalue weighted by atomic mass is 19.4. The first-order chi connectivity index (χ1) is 14.2. The van der Waals surface area contributed by atoms with E-state index in [2.05, 4.69) is 0 Å². The van der Waals surface area contributed by atoms with Gasteiger partial charge in [-0.1, -0.05) is 12.1 Å². The number of anilines is 1. The van der Waals surface area contributed by atoms with Gasteiger partial charge in [0.05, 0.1) is 25.5 Å². The number of rotatable bonds is 4. The number of halogens is 3. The first kappa shape index (κ1) is 20.9. The zero-order valence-electron chi connectivity index (χ0n) is 15.7. The van der Waals surface area contributed by atoms with Crippen molar-refractivity contribution in [1.29, 1.82) is 0 Å². The molecule has 1 fully saturated rings. The van der Waals surface area contributed by atoms with Gasteiger partial charge in [0.25, 0.3) is 11.8 Å². The van der Waals surface area contributed by atoms with Crippen LogP contribution in [-0.4, -0.2) is 32.1 Å². The van der Waals surface area contributed by atoms with Crippen LogP contribution in [0.2, 0.25) is 0 Å². The number of carbonyl (C=O) groups excluding carboxylic acids is 3. The number of methoxy groups -OCH3 is 2. The van der Waals surface area contributed by atoms with Crippen molar-refractivity contribution in [2.24, 2.45) is 0 Å². The molecule has 10 heteroatoms. The number of barbiturate groups is 1. The number of nitrogens with zero attached hydrogens (tertiary/aromatic N) is 1.